The van der Waals surface area contributed by atoms with Crippen LogP contribution in [0.2, 0.25) is 0 Å². The van der Waals surface area contributed by atoms with Gasteiger partial charge in [-0.3, -0.25) is 4.79 Å². The minimum atomic E-state index is -3.15. The number of hydrazone groups is 1. The van der Waals surface area contributed by atoms with Gasteiger partial charge in [-0.1, -0.05) is 0 Å². The molecule has 74 valence electrons. The van der Waals surface area contributed by atoms with E-state index in [0.717, 1.165) is 6.08 Å². The second-order valence-electron chi connectivity index (χ2n) is 2.45. The molecule has 0 amide bonds. The lowest BCUT2D eigenvalue weighted by Crippen LogP contribution is -2.24. The van der Waals surface area contributed by atoms with Crippen LogP contribution in [-0.4, -0.2) is 17.4 Å². The highest BCUT2D eigenvalue weighted by Crippen LogP contribution is 2.17. The Balaban J connectivity index is 4.87. The van der Waals surface area contributed by atoms with Gasteiger partial charge in [0.15, 0.2) is 5.78 Å². The summed E-state index contributed by atoms with van der Waals surface area (Å²) in [5.74, 6) is 1.22. The Morgan fingerprint density at radius 1 is 1.62 bits per heavy atom. The second kappa shape index (κ2) is 4.45. The molecule has 0 rings (SSSR count). The Morgan fingerprint density at radius 2 is 2.08 bits per heavy atom. The van der Waals surface area contributed by atoms with Gasteiger partial charge in [-0.25, -0.2) is 0 Å². The van der Waals surface area contributed by atoms with Crippen molar-refractivity contribution in [2.24, 2.45) is 10.9 Å². The molecular formula is C7H9BrF2N2O. The van der Waals surface area contributed by atoms with Crippen LogP contribution in [0.5, 0.6) is 0 Å². The number of hydrogen-bond acceptors (Lipinski definition) is 3. The molecule has 3 nitrogen and oxygen atoms in total. The summed E-state index contributed by atoms with van der Waals surface area (Å²) >= 11 is 2.82. The van der Waals surface area contributed by atoms with E-state index in [0.29, 0.717) is 6.92 Å². The lowest BCUT2D eigenvalue weighted by atomic mass is 10.2. The van der Waals surface area contributed by atoms with Crippen LogP contribution in [0.15, 0.2) is 15.7 Å². The van der Waals surface area contributed by atoms with Crippen molar-refractivity contribution in [3.8, 4) is 0 Å². The SMILES string of the molecule is CC(=O)/C(Br)=C\C(=N/N)C(C)(F)F. The van der Waals surface area contributed by atoms with Crippen molar-refractivity contribution in [1.82, 2.24) is 0 Å². The topological polar surface area (TPSA) is 55.5 Å². The number of rotatable bonds is 3. The van der Waals surface area contributed by atoms with Crippen LogP contribution < -0.4 is 5.84 Å². The third-order valence-corrected chi connectivity index (χ3v) is 1.98. The van der Waals surface area contributed by atoms with Gasteiger partial charge in [-0.15, -0.1) is 0 Å². The van der Waals surface area contributed by atoms with E-state index >= 15 is 0 Å². The first kappa shape index (κ1) is 12.2. The monoisotopic (exact) mass is 254 g/mol. The van der Waals surface area contributed by atoms with E-state index < -0.39 is 11.6 Å². The van der Waals surface area contributed by atoms with Gasteiger partial charge in [0.05, 0.1) is 4.48 Å². The molecule has 0 aromatic rings. The van der Waals surface area contributed by atoms with Crippen molar-refractivity contribution >= 4 is 27.4 Å². The number of alkyl halides is 2. The van der Waals surface area contributed by atoms with Crippen LogP contribution >= 0.6 is 15.9 Å². The van der Waals surface area contributed by atoms with Crippen molar-refractivity contribution in [1.29, 1.82) is 0 Å². The number of hydrogen-bond donors (Lipinski definition) is 1. The minimum absolute atomic E-state index is 0.0122. The first-order valence-electron chi connectivity index (χ1n) is 3.33. The van der Waals surface area contributed by atoms with Crippen LogP contribution in [0.25, 0.3) is 0 Å². The number of nitrogens with two attached hydrogens (primary N) is 1. The summed E-state index contributed by atoms with van der Waals surface area (Å²) in [6, 6.07) is 0. The number of Topliss-reactive ketones (excluding diaryl/α,β-unsaturated/α-hetero) is 1. The van der Waals surface area contributed by atoms with Crippen LogP contribution in [0.1, 0.15) is 13.8 Å². The molecule has 0 bridgehead atoms. The first-order chi connectivity index (χ1) is 5.79. The molecule has 0 fully saturated rings. The van der Waals surface area contributed by atoms with Crippen molar-refractivity contribution in [3.63, 3.8) is 0 Å². The predicted molar refractivity (Wildman–Crippen MR) is 49.9 cm³/mol. The summed E-state index contributed by atoms with van der Waals surface area (Å²) in [6.45, 7) is 1.89. The molecule has 13 heavy (non-hydrogen) atoms. The fourth-order valence-corrected chi connectivity index (χ4v) is 0.716. The molecule has 0 heterocycles. The first-order valence-corrected chi connectivity index (χ1v) is 4.12. The van der Waals surface area contributed by atoms with Crippen molar-refractivity contribution < 1.29 is 13.6 Å². The third kappa shape index (κ3) is 4.12. The van der Waals surface area contributed by atoms with Gasteiger partial charge in [0.2, 0.25) is 0 Å². The van der Waals surface area contributed by atoms with Crippen LogP contribution in [-0.2, 0) is 4.79 Å². The second-order valence-corrected chi connectivity index (χ2v) is 3.31. The van der Waals surface area contributed by atoms with Gasteiger partial charge in [0.25, 0.3) is 5.92 Å². The average Bonchev–Trinajstić information content (AvgIpc) is 1.96. The maximum atomic E-state index is 12.6. The van der Waals surface area contributed by atoms with Gasteiger partial charge in [0, 0.05) is 6.92 Å². The molecule has 0 aromatic carbocycles. The molecule has 0 aliphatic heterocycles. The minimum Gasteiger partial charge on any atom is -0.323 e. The molecule has 0 aliphatic rings. The van der Waals surface area contributed by atoms with E-state index in [4.69, 9.17) is 5.84 Å². The zero-order valence-electron chi connectivity index (χ0n) is 7.14. The van der Waals surface area contributed by atoms with E-state index in [9.17, 15) is 13.6 Å². The van der Waals surface area contributed by atoms with Gasteiger partial charge >= 0.3 is 0 Å². The van der Waals surface area contributed by atoms with Gasteiger partial charge in [-0.2, -0.15) is 13.9 Å². The molecule has 0 atom stereocenters. The van der Waals surface area contributed by atoms with Crippen molar-refractivity contribution in [3.05, 3.63) is 10.6 Å². The lowest BCUT2D eigenvalue weighted by Gasteiger charge is -2.08. The highest BCUT2D eigenvalue weighted by atomic mass is 79.9. The molecule has 0 aromatic heterocycles. The maximum Gasteiger partial charge on any atom is 0.288 e. The third-order valence-electron chi connectivity index (χ3n) is 1.19. The van der Waals surface area contributed by atoms with Crippen LogP contribution in [0, 0.1) is 0 Å². The summed E-state index contributed by atoms with van der Waals surface area (Å²) in [6.07, 6.45) is 0.905. The molecule has 0 radical (unpaired) electrons. The zero-order chi connectivity index (χ0) is 10.6. The van der Waals surface area contributed by atoms with E-state index in [-0.39, 0.29) is 10.3 Å². The summed E-state index contributed by atoms with van der Waals surface area (Å²) < 4.78 is 25.3. The Kier molecular flexibility index (Phi) is 4.19. The molecule has 2 N–H and O–H groups in total. The highest BCUT2D eigenvalue weighted by molar-refractivity contribution is 9.12. The van der Waals surface area contributed by atoms with Gasteiger partial charge in [-0.05, 0) is 28.9 Å². The highest BCUT2D eigenvalue weighted by Gasteiger charge is 2.28. The molecular weight excluding hydrogens is 246 g/mol. The summed E-state index contributed by atoms with van der Waals surface area (Å²) in [4.78, 5) is 10.7. The average molecular weight is 255 g/mol. The molecule has 0 saturated heterocycles. The molecule has 0 unspecified atom stereocenters. The Labute approximate surface area is 82.8 Å². The van der Waals surface area contributed by atoms with Crippen molar-refractivity contribution in [2.75, 3.05) is 0 Å². The fourth-order valence-electron chi connectivity index (χ4n) is 0.499. The number of carbonyl (C=O) groups excluding carboxylic acids is 1. The number of nitrogens with zero attached hydrogens (tertiary/aromatic N) is 1. The number of halogens is 3. The van der Waals surface area contributed by atoms with Crippen LogP contribution in [0.3, 0.4) is 0 Å². The number of carbonyl (C=O) groups is 1. The van der Waals surface area contributed by atoms with E-state index in [1.165, 1.54) is 6.92 Å². The zero-order valence-corrected chi connectivity index (χ0v) is 8.73. The Bertz CT molecular complexity index is 268. The maximum absolute atomic E-state index is 12.6. The molecule has 6 heteroatoms. The predicted octanol–water partition coefficient (Wildman–Crippen LogP) is 1.82. The normalized spacial score (nSPS) is 14.5. The summed E-state index contributed by atoms with van der Waals surface area (Å²) in [5.41, 5.74) is -0.644. The molecule has 0 saturated carbocycles. The Morgan fingerprint density at radius 3 is 2.31 bits per heavy atom. The Hall–Kier alpha value is -0.780. The number of allylic oxidation sites excluding steroid dienone is 2. The van der Waals surface area contributed by atoms with Crippen molar-refractivity contribution in [2.45, 2.75) is 19.8 Å². The lowest BCUT2D eigenvalue weighted by molar-refractivity contribution is -0.112. The van der Waals surface area contributed by atoms with E-state index in [1.807, 2.05) is 0 Å². The van der Waals surface area contributed by atoms with Crippen LogP contribution in [0.4, 0.5) is 8.78 Å². The quantitative estimate of drug-likeness (QED) is 0.362. The van der Waals surface area contributed by atoms with E-state index in [1.54, 1.807) is 0 Å². The summed E-state index contributed by atoms with van der Waals surface area (Å²) in [5, 5.41) is 2.89. The number of ketones is 1. The smallest absolute Gasteiger partial charge is 0.288 e. The molecule has 0 spiro atoms. The standard InChI is InChI=1S/C7H9BrF2N2O/c1-4(13)5(8)3-6(12-11)7(2,9)10/h3H,11H2,1-2H3/b5-3+,12-6+. The largest absolute Gasteiger partial charge is 0.323 e. The molecule has 0 aliphatic carbocycles. The van der Waals surface area contributed by atoms with E-state index in [2.05, 4.69) is 21.0 Å². The summed E-state index contributed by atoms with van der Waals surface area (Å²) in [7, 11) is 0. The fraction of sp³-hybridized carbons (Fsp3) is 0.429. The van der Waals surface area contributed by atoms with Gasteiger partial charge < -0.3 is 5.84 Å². The van der Waals surface area contributed by atoms with Gasteiger partial charge in [0.1, 0.15) is 5.71 Å².